The summed E-state index contributed by atoms with van der Waals surface area (Å²) in [6.45, 7) is 33.9. The zero-order chi connectivity index (χ0) is 69.0. The fraction of sp³-hybridized carbons (Fsp3) is 0.547. The molecule has 7 N–H and O–H groups in total. The smallest absolute Gasteiger partial charge is 0.444 e. The Morgan fingerprint density at radius 2 is 0.785 bits per heavy atom. The molecule has 0 atom stereocenters. The maximum absolute atomic E-state index is 11.9. The van der Waals surface area contributed by atoms with Crippen molar-refractivity contribution < 1.29 is 60.8 Å². The number of ether oxygens (including phenoxy) is 5. The van der Waals surface area contributed by atoms with Crippen LogP contribution in [-0.2, 0) is 28.5 Å². The molecule has 4 aromatic carbocycles. The van der Waals surface area contributed by atoms with E-state index in [1.165, 1.54) is 18.8 Å². The van der Waals surface area contributed by atoms with Crippen molar-refractivity contribution in [1.29, 1.82) is 0 Å². The molecule has 0 unspecified atom stereocenters. The third kappa shape index (κ3) is 45.0. The van der Waals surface area contributed by atoms with Crippen molar-refractivity contribution >= 4 is 143 Å². The van der Waals surface area contributed by atoms with Crippen LogP contribution >= 0.6 is 78.3 Å². The van der Waals surface area contributed by atoms with Crippen LogP contribution in [0.15, 0.2) is 81.7 Å². The van der Waals surface area contributed by atoms with Gasteiger partial charge in [-0.2, -0.15) is 13.2 Å². The molecule has 0 aliphatic carbocycles. The summed E-state index contributed by atoms with van der Waals surface area (Å²) in [5, 5.41) is 10.8. The number of likely N-dealkylation sites (N-methyl/N-ethyl adjacent to an activating group) is 3. The standard InChI is InChI=1S/C16H24ClN3O2.C11H13BrClNO2.C11H16ClN3.C10H18O5.C6H5BrClN.C5H12N2.C2HF3O.3CH4/c1-16(2,3)22-15(21)18-14-11-12(5-6-13(14)17)20-9-7-19(4)8-10-20;1-11(2,3)16-10(15)14-9-6-7(12)4-5-8(9)13;1-14-4-6-15(7-5-14)9-2-3-10(12)11(13)8-9;1-9(2,3)14-7(11)13-8(12)15-10(4,5)6;7-4-1-2-5(8)6(9)3-4;1-7-4-2-6-3-5-7;3-2(4,5)1-6;;;/h5-6,11H,7-10H2,1-4H3,(H,18,21);4-6H,1-3H3,(H,14,15);2-3,8H,4-7,13H2,1H3;1-6H3;1-3H,9H2;6H,2-5H2,1H3;1H;3*1H4. The zero-order valence-electron chi connectivity index (χ0n) is 53.9. The quantitative estimate of drug-likeness (QED) is 0.0420. The highest BCUT2D eigenvalue weighted by atomic mass is 79.9. The van der Waals surface area contributed by atoms with Gasteiger partial charge in [0.05, 0.1) is 42.8 Å². The van der Waals surface area contributed by atoms with Crippen LogP contribution in [0.4, 0.5) is 66.5 Å². The van der Waals surface area contributed by atoms with E-state index >= 15 is 0 Å². The molecule has 530 valence electrons. The number of piperazine rings is 3. The number of nitrogens with two attached hydrogens (primary N) is 2. The van der Waals surface area contributed by atoms with E-state index in [1.807, 2.05) is 63.2 Å². The summed E-state index contributed by atoms with van der Waals surface area (Å²) in [7, 11) is 6.42. The lowest BCUT2D eigenvalue weighted by Gasteiger charge is -2.34. The SMILES string of the molecule is C.C.C.CC(C)(C)OC(=O)Nc1cc(Br)ccc1Cl.CC(C)(C)OC(=O)OC(=O)OC(C)(C)C.CN1CCN(c2ccc(Cl)c(N)c2)CC1.CN1CCN(c2ccc(Cl)c(NC(=O)OC(C)(C)C)c2)CC1.CN1CCNCC1.Nc1cc(Br)ccc1Cl.O=CC(F)(F)F. The summed E-state index contributed by atoms with van der Waals surface area (Å²) in [6, 6.07) is 22.1. The second-order valence-corrected chi connectivity index (χ2v) is 27.7. The zero-order valence-corrected chi connectivity index (χ0v) is 60.1. The molecule has 20 nitrogen and oxygen atoms in total. The Morgan fingerprint density at radius 1 is 0.484 bits per heavy atom. The summed E-state index contributed by atoms with van der Waals surface area (Å²) in [5.41, 5.74) is 13.4. The first kappa shape index (κ1) is 92.0. The Morgan fingerprint density at radius 3 is 1.10 bits per heavy atom. The van der Waals surface area contributed by atoms with Gasteiger partial charge in [-0.25, -0.2) is 19.2 Å². The Hall–Kier alpha value is -5.22. The van der Waals surface area contributed by atoms with E-state index in [1.54, 1.807) is 92.6 Å². The molecule has 0 bridgehead atoms. The number of carbonyl (C=O) groups excluding carboxylic acids is 5. The van der Waals surface area contributed by atoms with E-state index in [9.17, 15) is 32.3 Å². The van der Waals surface area contributed by atoms with Gasteiger partial charge in [0, 0.05) is 98.9 Å². The third-order valence-corrected chi connectivity index (χ3v) is 13.6. The van der Waals surface area contributed by atoms with E-state index < -0.39 is 59.4 Å². The monoisotopic (exact) mass is 1520 g/mol. The topological polar surface area (TPSA) is 236 Å². The fourth-order valence-corrected chi connectivity index (χ4v) is 8.29. The Bertz CT molecular complexity index is 2850. The lowest BCUT2D eigenvalue weighted by atomic mass is 10.2. The number of aldehydes is 1. The summed E-state index contributed by atoms with van der Waals surface area (Å²) in [4.78, 5) is 65.7. The van der Waals surface area contributed by atoms with Crippen LogP contribution < -0.4 is 37.2 Å². The molecule has 3 aliphatic heterocycles. The van der Waals surface area contributed by atoms with Gasteiger partial charge in [0.15, 0.2) is 0 Å². The number of halogens is 9. The first-order valence-corrected chi connectivity index (χ1v) is 31.4. The van der Waals surface area contributed by atoms with Crippen LogP contribution in [0.3, 0.4) is 0 Å². The minimum atomic E-state index is -4.64. The largest absolute Gasteiger partial charge is 0.519 e. The molecular weight excluding hydrogens is 1430 g/mol. The number of nitrogens with one attached hydrogen (secondary N) is 3. The van der Waals surface area contributed by atoms with Crippen molar-refractivity contribution in [2.75, 3.05) is 132 Å². The first-order chi connectivity index (χ1) is 41.3. The average Bonchev–Trinajstić information content (AvgIpc) is 0.885. The van der Waals surface area contributed by atoms with Crippen LogP contribution in [0.5, 0.6) is 0 Å². The number of nitrogens with zero attached hydrogens (tertiary/aromatic N) is 5. The number of alkyl halides is 3. The summed E-state index contributed by atoms with van der Waals surface area (Å²) in [5.74, 6) is 0. The van der Waals surface area contributed by atoms with Gasteiger partial charge in [-0.3, -0.25) is 15.4 Å². The van der Waals surface area contributed by atoms with Crippen molar-refractivity contribution in [1.82, 2.24) is 20.0 Å². The van der Waals surface area contributed by atoms with Gasteiger partial charge < -0.3 is 65.0 Å². The maximum Gasteiger partial charge on any atom is 0.519 e. The van der Waals surface area contributed by atoms with E-state index in [2.05, 4.69) is 98.2 Å². The van der Waals surface area contributed by atoms with Gasteiger partial charge in [-0.1, -0.05) is 101 Å². The summed E-state index contributed by atoms with van der Waals surface area (Å²) < 4.78 is 57.2. The summed E-state index contributed by atoms with van der Waals surface area (Å²) >= 11 is 30.2. The molecule has 3 aliphatic rings. The van der Waals surface area contributed by atoms with Gasteiger partial charge in [0.2, 0.25) is 6.29 Å². The molecule has 7 rings (SSSR count). The Kier molecular flexibility index (Phi) is 43.3. The molecular formula is C64H101Br2Cl4F3N10O10. The lowest BCUT2D eigenvalue weighted by Crippen LogP contribution is -2.44. The molecule has 2 amide bonds. The number of hydrogen-bond donors (Lipinski definition) is 5. The van der Waals surface area contributed by atoms with Crippen molar-refractivity contribution in [3.8, 4) is 0 Å². The molecule has 0 saturated carbocycles. The number of carbonyl (C=O) groups is 5. The second-order valence-electron chi connectivity index (χ2n) is 24.2. The highest BCUT2D eigenvalue weighted by Gasteiger charge is 2.26. The highest BCUT2D eigenvalue weighted by Crippen LogP contribution is 2.30. The lowest BCUT2D eigenvalue weighted by molar-refractivity contribution is -0.156. The first-order valence-electron chi connectivity index (χ1n) is 28.3. The summed E-state index contributed by atoms with van der Waals surface area (Å²) in [6.07, 6.45) is -8.83. The number of rotatable bonds is 4. The van der Waals surface area contributed by atoms with Crippen molar-refractivity contribution in [2.45, 2.75) is 134 Å². The number of anilines is 6. The van der Waals surface area contributed by atoms with Crippen LogP contribution in [0.1, 0.15) is 105 Å². The number of amides is 2. The predicted molar refractivity (Wildman–Crippen MR) is 385 cm³/mol. The molecule has 0 radical (unpaired) electrons. The predicted octanol–water partition coefficient (Wildman–Crippen LogP) is 17.3. The average molecular weight is 1530 g/mol. The van der Waals surface area contributed by atoms with E-state index in [-0.39, 0.29) is 22.3 Å². The van der Waals surface area contributed by atoms with Crippen molar-refractivity contribution in [3.05, 3.63) is 102 Å². The molecule has 93 heavy (non-hydrogen) atoms. The number of hydrogen-bond acceptors (Lipinski definition) is 18. The molecule has 29 heteroatoms. The van der Waals surface area contributed by atoms with Crippen molar-refractivity contribution in [3.63, 3.8) is 0 Å². The van der Waals surface area contributed by atoms with Gasteiger partial charge >= 0.3 is 30.7 Å². The Labute approximate surface area is 587 Å². The molecule has 0 aromatic heterocycles. The molecule has 3 saturated heterocycles. The van der Waals surface area contributed by atoms with Gasteiger partial charge in [0.25, 0.3) is 0 Å². The minimum Gasteiger partial charge on any atom is -0.444 e. The normalized spacial score (nSPS) is 14.2. The van der Waals surface area contributed by atoms with E-state index in [4.69, 9.17) is 81.6 Å². The van der Waals surface area contributed by atoms with Gasteiger partial charge in [-0.15, -0.1) is 0 Å². The van der Waals surface area contributed by atoms with Gasteiger partial charge in [-0.05, 0) is 177 Å². The van der Waals surface area contributed by atoms with Crippen LogP contribution in [-0.4, -0.2) is 174 Å². The minimum absolute atomic E-state index is 0. The highest BCUT2D eigenvalue weighted by molar-refractivity contribution is 9.10. The Balaban J connectivity index is -0.00000105. The fourth-order valence-electron chi connectivity index (χ4n) is 6.98. The third-order valence-electron chi connectivity index (χ3n) is 11.2. The molecule has 3 heterocycles. The van der Waals surface area contributed by atoms with Crippen LogP contribution in [0, 0.1) is 0 Å². The molecule has 3 fully saturated rings. The van der Waals surface area contributed by atoms with Gasteiger partial charge in [0.1, 0.15) is 22.4 Å². The molecule has 4 aromatic rings. The second kappa shape index (κ2) is 43.8. The van der Waals surface area contributed by atoms with Crippen LogP contribution in [0.2, 0.25) is 20.1 Å². The number of nitrogen functional groups attached to an aromatic ring is 2. The van der Waals surface area contributed by atoms with Crippen LogP contribution in [0.25, 0.3) is 0 Å². The number of benzene rings is 4. The van der Waals surface area contributed by atoms with Crippen molar-refractivity contribution in [2.24, 2.45) is 0 Å². The van der Waals surface area contributed by atoms with E-state index in [0.717, 1.165) is 80.1 Å². The maximum atomic E-state index is 11.9. The van der Waals surface area contributed by atoms with E-state index in [0.29, 0.717) is 42.8 Å². The molecule has 0 spiro atoms.